The highest BCUT2D eigenvalue weighted by Crippen LogP contribution is 2.46. The Morgan fingerprint density at radius 3 is 2.66 bits per heavy atom. The lowest BCUT2D eigenvalue weighted by Gasteiger charge is -2.35. The van der Waals surface area contributed by atoms with Gasteiger partial charge < -0.3 is 9.47 Å². The van der Waals surface area contributed by atoms with E-state index < -0.39 is 29.0 Å². The molecule has 0 saturated carbocycles. The highest BCUT2D eigenvalue weighted by Gasteiger charge is 2.57. The van der Waals surface area contributed by atoms with Gasteiger partial charge >= 0.3 is 12.1 Å². The summed E-state index contributed by atoms with van der Waals surface area (Å²) in [5.74, 6) is -3.45. The Morgan fingerprint density at radius 2 is 1.89 bits per heavy atom. The first-order valence-electron chi connectivity index (χ1n) is 12.9. The van der Waals surface area contributed by atoms with Crippen LogP contribution in [0.25, 0.3) is 10.9 Å². The van der Waals surface area contributed by atoms with Crippen molar-refractivity contribution >= 4 is 34.4 Å². The maximum atomic E-state index is 15.2. The number of pyridine rings is 1. The second-order valence-corrected chi connectivity index (χ2v) is 11.7. The minimum absolute atomic E-state index is 0.0657. The van der Waals surface area contributed by atoms with Crippen LogP contribution in [0, 0.1) is 5.82 Å². The fourth-order valence-corrected chi connectivity index (χ4v) is 5.74. The SMILES string of the molecule is CC(C)(C)OC(=O)N1CCCCCN1c1nc(OCC23CCCN2CC(F)(F)C3)nc2c(F)c(Cl)ncc12. The van der Waals surface area contributed by atoms with Gasteiger partial charge in [-0.1, -0.05) is 11.6 Å². The Labute approximate surface area is 224 Å². The van der Waals surface area contributed by atoms with Gasteiger partial charge in [-0.15, -0.1) is 0 Å². The molecule has 3 aliphatic heterocycles. The van der Waals surface area contributed by atoms with Crippen LogP contribution in [-0.2, 0) is 4.74 Å². The van der Waals surface area contributed by atoms with Crippen molar-refractivity contribution in [1.29, 1.82) is 0 Å². The largest absolute Gasteiger partial charge is 0.461 e. The maximum Gasteiger partial charge on any atom is 0.429 e. The third kappa shape index (κ3) is 5.29. The number of anilines is 1. The number of aromatic nitrogens is 3. The molecule has 13 heteroatoms. The van der Waals surface area contributed by atoms with Gasteiger partial charge in [-0.25, -0.2) is 28.0 Å². The quantitative estimate of drug-likeness (QED) is 0.475. The molecule has 208 valence electrons. The Kier molecular flexibility index (Phi) is 7.00. The zero-order chi connectivity index (χ0) is 27.3. The molecule has 5 heterocycles. The molecule has 0 bridgehead atoms. The van der Waals surface area contributed by atoms with Crippen molar-refractivity contribution in [3.8, 4) is 6.01 Å². The number of nitrogens with zero attached hydrogens (tertiary/aromatic N) is 6. The molecule has 5 rings (SSSR count). The highest BCUT2D eigenvalue weighted by molar-refractivity contribution is 6.30. The minimum Gasteiger partial charge on any atom is -0.461 e. The van der Waals surface area contributed by atoms with E-state index in [0.717, 1.165) is 25.7 Å². The van der Waals surface area contributed by atoms with Gasteiger partial charge in [-0.2, -0.15) is 9.97 Å². The summed E-state index contributed by atoms with van der Waals surface area (Å²) in [6, 6.07) is -0.182. The van der Waals surface area contributed by atoms with Gasteiger partial charge in [-0.05, 0) is 59.4 Å². The number of ether oxygens (including phenoxy) is 2. The van der Waals surface area contributed by atoms with Crippen molar-refractivity contribution in [2.75, 3.05) is 37.8 Å². The molecular formula is C25H32ClF3N6O3. The smallest absolute Gasteiger partial charge is 0.429 e. The summed E-state index contributed by atoms with van der Waals surface area (Å²) in [5.41, 5.74) is -1.69. The number of carbonyl (C=O) groups excluding carboxylic acids is 1. The second kappa shape index (κ2) is 9.86. The molecule has 0 radical (unpaired) electrons. The van der Waals surface area contributed by atoms with Crippen LogP contribution in [0.1, 0.15) is 59.3 Å². The number of hydrazine groups is 1. The molecule has 0 aliphatic carbocycles. The van der Waals surface area contributed by atoms with Crippen LogP contribution in [0.15, 0.2) is 6.20 Å². The third-order valence-electron chi connectivity index (χ3n) is 7.20. The number of halogens is 4. The number of amides is 1. The molecule has 0 aromatic carbocycles. The fourth-order valence-electron chi connectivity index (χ4n) is 5.60. The van der Waals surface area contributed by atoms with Crippen LogP contribution in [0.2, 0.25) is 5.15 Å². The highest BCUT2D eigenvalue weighted by atomic mass is 35.5. The lowest BCUT2D eigenvalue weighted by atomic mass is 9.94. The topological polar surface area (TPSA) is 83.9 Å². The van der Waals surface area contributed by atoms with Crippen LogP contribution >= 0.6 is 11.6 Å². The number of hydrogen-bond donors (Lipinski definition) is 0. The Balaban J connectivity index is 1.53. The van der Waals surface area contributed by atoms with Crippen molar-refractivity contribution in [3.63, 3.8) is 0 Å². The van der Waals surface area contributed by atoms with E-state index in [1.54, 1.807) is 30.7 Å². The summed E-state index contributed by atoms with van der Waals surface area (Å²) >= 11 is 5.96. The van der Waals surface area contributed by atoms with E-state index in [2.05, 4.69) is 15.0 Å². The van der Waals surface area contributed by atoms with Crippen molar-refractivity contribution in [2.24, 2.45) is 0 Å². The van der Waals surface area contributed by atoms with Gasteiger partial charge in [0.2, 0.25) is 0 Å². The first kappa shape index (κ1) is 27.0. The standard InChI is InChI=1S/C25H32ClF3N6O3/c1-23(2,3)38-22(36)35-11-6-4-5-10-34(35)20-16-12-30-19(26)17(27)18(16)31-21(32-20)37-15-24-8-7-9-33(24)14-25(28,29)13-24/h12H,4-11,13-15H2,1-3H3. The van der Waals surface area contributed by atoms with Gasteiger partial charge in [-0.3, -0.25) is 9.91 Å². The van der Waals surface area contributed by atoms with Gasteiger partial charge in [0.1, 0.15) is 17.7 Å². The van der Waals surface area contributed by atoms with Gasteiger partial charge in [0, 0.05) is 25.7 Å². The predicted octanol–water partition coefficient (Wildman–Crippen LogP) is 5.21. The minimum atomic E-state index is -2.80. The van der Waals surface area contributed by atoms with E-state index in [1.165, 1.54) is 11.2 Å². The van der Waals surface area contributed by atoms with Crippen LogP contribution in [0.4, 0.5) is 23.8 Å². The molecule has 2 aromatic heterocycles. The monoisotopic (exact) mass is 556 g/mol. The lowest BCUT2D eigenvalue weighted by molar-refractivity contribution is 0.00801. The molecule has 1 amide bonds. The van der Waals surface area contributed by atoms with E-state index in [0.29, 0.717) is 26.1 Å². The van der Waals surface area contributed by atoms with Gasteiger partial charge in [0.15, 0.2) is 16.8 Å². The Morgan fingerprint density at radius 1 is 1.13 bits per heavy atom. The maximum absolute atomic E-state index is 15.2. The van der Waals surface area contributed by atoms with Crippen molar-refractivity contribution in [2.45, 2.75) is 76.4 Å². The average molecular weight is 557 g/mol. The van der Waals surface area contributed by atoms with E-state index in [1.807, 2.05) is 0 Å². The molecule has 1 atom stereocenters. The first-order chi connectivity index (χ1) is 17.9. The van der Waals surface area contributed by atoms with E-state index in [9.17, 15) is 13.6 Å². The van der Waals surface area contributed by atoms with Crippen LogP contribution in [-0.4, -0.2) is 80.8 Å². The number of fused-ring (bicyclic) bond motifs is 2. The Hall–Kier alpha value is -2.60. The molecule has 0 N–H and O–H groups in total. The average Bonchev–Trinajstić information content (AvgIpc) is 3.17. The summed E-state index contributed by atoms with van der Waals surface area (Å²) in [6.07, 6.45) is 4.18. The normalized spacial score (nSPS) is 24.0. The zero-order valence-electron chi connectivity index (χ0n) is 21.8. The van der Waals surface area contributed by atoms with Crippen molar-refractivity contribution in [1.82, 2.24) is 24.9 Å². The molecule has 3 saturated heterocycles. The summed E-state index contributed by atoms with van der Waals surface area (Å²) in [7, 11) is 0. The van der Waals surface area contributed by atoms with Crippen LogP contribution < -0.4 is 9.75 Å². The summed E-state index contributed by atoms with van der Waals surface area (Å²) < 4.78 is 55.3. The third-order valence-corrected chi connectivity index (χ3v) is 7.47. The number of alkyl halides is 2. The van der Waals surface area contributed by atoms with E-state index in [-0.39, 0.29) is 47.5 Å². The molecule has 2 aromatic rings. The fraction of sp³-hybridized carbons (Fsp3) is 0.680. The van der Waals surface area contributed by atoms with E-state index in [4.69, 9.17) is 21.1 Å². The van der Waals surface area contributed by atoms with Gasteiger partial charge in [0.25, 0.3) is 5.92 Å². The number of hydrogen-bond acceptors (Lipinski definition) is 8. The van der Waals surface area contributed by atoms with Crippen molar-refractivity contribution < 1.29 is 27.4 Å². The summed E-state index contributed by atoms with van der Waals surface area (Å²) in [4.78, 5) is 27.7. The van der Waals surface area contributed by atoms with Crippen LogP contribution in [0.5, 0.6) is 6.01 Å². The lowest BCUT2D eigenvalue weighted by Crippen LogP contribution is -2.49. The molecule has 38 heavy (non-hydrogen) atoms. The van der Waals surface area contributed by atoms with Crippen LogP contribution in [0.3, 0.4) is 0 Å². The predicted molar refractivity (Wildman–Crippen MR) is 135 cm³/mol. The Bertz CT molecular complexity index is 1230. The zero-order valence-corrected chi connectivity index (χ0v) is 22.5. The molecule has 0 spiro atoms. The molecule has 3 fully saturated rings. The number of rotatable bonds is 4. The molecular weight excluding hydrogens is 525 g/mol. The summed E-state index contributed by atoms with van der Waals surface area (Å²) in [6.45, 7) is 6.29. The number of carbonyl (C=O) groups is 1. The second-order valence-electron chi connectivity index (χ2n) is 11.3. The first-order valence-corrected chi connectivity index (χ1v) is 13.3. The molecule has 1 unspecified atom stereocenters. The van der Waals surface area contributed by atoms with Crippen molar-refractivity contribution in [3.05, 3.63) is 17.2 Å². The molecule has 9 nitrogen and oxygen atoms in total. The van der Waals surface area contributed by atoms with Gasteiger partial charge in [0.05, 0.1) is 17.5 Å². The summed E-state index contributed by atoms with van der Waals surface area (Å²) in [5, 5.41) is 2.95. The van der Waals surface area contributed by atoms with E-state index >= 15 is 4.39 Å². The molecule has 3 aliphatic rings.